The van der Waals surface area contributed by atoms with E-state index < -0.39 is 12.0 Å². The van der Waals surface area contributed by atoms with Crippen LogP contribution in [0.15, 0.2) is 40.4 Å². The Morgan fingerprint density at radius 2 is 1.91 bits per heavy atom. The molecule has 1 aromatic rings. The summed E-state index contributed by atoms with van der Waals surface area (Å²) in [5, 5.41) is 5.42. The minimum absolute atomic E-state index is 0.218. The van der Waals surface area contributed by atoms with Crippen molar-refractivity contribution in [2.45, 2.75) is 37.8 Å². The van der Waals surface area contributed by atoms with Gasteiger partial charge in [-0.15, -0.1) is 11.8 Å². The summed E-state index contributed by atoms with van der Waals surface area (Å²) in [6, 6.07) is 6.94. The highest BCUT2D eigenvalue weighted by molar-refractivity contribution is 7.98. The largest absolute Gasteiger partial charge is 0.459 e. The van der Waals surface area contributed by atoms with Gasteiger partial charge in [0.1, 0.15) is 0 Å². The first-order valence-corrected chi connectivity index (χ1v) is 8.28. The number of carbonyl (C=O) groups is 2. The van der Waals surface area contributed by atoms with Crippen LogP contribution in [0.4, 0.5) is 4.79 Å². The number of thioether (sulfide) groups is 1. The molecule has 1 aliphatic heterocycles. The molecule has 0 fully saturated rings. The van der Waals surface area contributed by atoms with E-state index in [9.17, 15) is 9.59 Å². The number of ether oxygens (including phenoxy) is 1. The van der Waals surface area contributed by atoms with Crippen LogP contribution in [0.2, 0.25) is 0 Å². The van der Waals surface area contributed by atoms with Crippen molar-refractivity contribution in [2.24, 2.45) is 0 Å². The van der Waals surface area contributed by atoms with E-state index in [1.807, 2.05) is 30.5 Å². The van der Waals surface area contributed by atoms with E-state index in [1.165, 1.54) is 0 Å². The molecule has 0 saturated heterocycles. The molecule has 22 heavy (non-hydrogen) atoms. The molecule has 0 aromatic heterocycles. The molecule has 118 valence electrons. The lowest BCUT2D eigenvalue weighted by Crippen LogP contribution is -2.45. The zero-order valence-corrected chi connectivity index (χ0v) is 13.9. The number of esters is 1. The van der Waals surface area contributed by atoms with E-state index in [0.717, 1.165) is 10.5 Å². The quantitative estimate of drug-likeness (QED) is 0.661. The normalized spacial score (nSPS) is 18.0. The van der Waals surface area contributed by atoms with Crippen molar-refractivity contribution in [3.63, 3.8) is 0 Å². The molecule has 0 bridgehead atoms. The monoisotopic (exact) mass is 320 g/mol. The molecule has 1 aromatic carbocycles. The summed E-state index contributed by atoms with van der Waals surface area (Å²) in [6.45, 7) is 5.30. The minimum atomic E-state index is -0.504. The Labute approximate surface area is 134 Å². The second-order valence-corrected chi connectivity index (χ2v) is 6.18. The molecule has 2 rings (SSSR count). The summed E-state index contributed by atoms with van der Waals surface area (Å²) in [5.74, 6) is -0.418. The molecule has 0 saturated carbocycles. The highest BCUT2D eigenvalue weighted by Gasteiger charge is 2.32. The van der Waals surface area contributed by atoms with Gasteiger partial charge in [-0.3, -0.25) is 0 Å². The molecule has 5 nitrogen and oxygen atoms in total. The molecule has 0 unspecified atom stereocenters. The van der Waals surface area contributed by atoms with Gasteiger partial charge in [0.25, 0.3) is 0 Å². The van der Waals surface area contributed by atoms with Gasteiger partial charge in [0.05, 0.1) is 17.7 Å². The smallest absolute Gasteiger partial charge is 0.338 e. The van der Waals surface area contributed by atoms with Crippen LogP contribution >= 0.6 is 11.8 Å². The molecular weight excluding hydrogens is 300 g/mol. The molecule has 6 heteroatoms. The average Bonchev–Trinajstić information content (AvgIpc) is 2.45. The number of hydrogen-bond acceptors (Lipinski definition) is 4. The second kappa shape index (κ2) is 6.87. The number of rotatable bonds is 4. The molecule has 2 N–H and O–H groups in total. The Morgan fingerprint density at radius 3 is 2.45 bits per heavy atom. The van der Waals surface area contributed by atoms with Gasteiger partial charge in [0, 0.05) is 10.6 Å². The maximum Gasteiger partial charge on any atom is 0.338 e. The van der Waals surface area contributed by atoms with Crippen LogP contribution in [0.3, 0.4) is 0 Å². The fourth-order valence-electron chi connectivity index (χ4n) is 2.29. The topological polar surface area (TPSA) is 67.4 Å². The van der Waals surface area contributed by atoms with Crippen molar-refractivity contribution in [1.29, 1.82) is 0 Å². The molecule has 0 spiro atoms. The van der Waals surface area contributed by atoms with Crippen LogP contribution in [-0.2, 0) is 9.53 Å². The SMILES string of the molecule is CSc1ccc([C@@H]2NC(=O)NC(C)=C2C(=O)OC(C)C)cc1. The second-order valence-electron chi connectivity index (χ2n) is 5.30. The molecular formula is C16H20N2O3S. The Balaban J connectivity index is 2.38. The van der Waals surface area contributed by atoms with Crippen LogP contribution in [0.1, 0.15) is 32.4 Å². The van der Waals surface area contributed by atoms with Gasteiger partial charge in [-0.25, -0.2) is 9.59 Å². The van der Waals surface area contributed by atoms with Gasteiger partial charge in [-0.2, -0.15) is 0 Å². The first-order chi connectivity index (χ1) is 10.4. The molecule has 0 radical (unpaired) electrons. The molecule has 0 aliphatic carbocycles. The first kappa shape index (κ1) is 16.4. The molecule has 2 amide bonds. The number of hydrogen-bond donors (Lipinski definition) is 2. The van der Waals surface area contributed by atoms with Crippen LogP contribution in [0.25, 0.3) is 0 Å². The molecule has 1 atom stereocenters. The highest BCUT2D eigenvalue weighted by atomic mass is 32.2. The average molecular weight is 320 g/mol. The Bertz CT molecular complexity index is 608. The summed E-state index contributed by atoms with van der Waals surface area (Å²) >= 11 is 1.64. The predicted octanol–water partition coefficient (Wildman–Crippen LogP) is 2.99. The van der Waals surface area contributed by atoms with E-state index in [0.29, 0.717) is 11.3 Å². The molecule has 1 heterocycles. The van der Waals surface area contributed by atoms with E-state index in [4.69, 9.17) is 4.74 Å². The third kappa shape index (κ3) is 3.62. The lowest BCUT2D eigenvalue weighted by molar-refractivity contribution is -0.143. The number of allylic oxidation sites excluding steroid dienone is 1. The summed E-state index contributed by atoms with van der Waals surface area (Å²) in [7, 11) is 0. The highest BCUT2D eigenvalue weighted by Crippen LogP contribution is 2.29. The number of amides is 2. The molecule has 1 aliphatic rings. The number of nitrogens with one attached hydrogen (secondary N) is 2. The van der Waals surface area contributed by atoms with E-state index in [-0.39, 0.29) is 12.1 Å². The summed E-state index contributed by atoms with van der Waals surface area (Å²) in [5.41, 5.74) is 1.81. The third-order valence-electron chi connectivity index (χ3n) is 3.28. The van der Waals surface area contributed by atoms with Crippen molar-refractivity contribution in [3.8, 4) is 0 Å². The third-order valence-corrected chi connectivity index (χ3v) is 4.02. The van der Waals surface area contributed by atoms with Crippen LogP contribution in [0.5, 0.6) is 0 Å². The predicted molar refractivity (Wildman–Crippen MR) is 86.6 cm³/mol. The Morgan fingerprint density at radius 1 is 1.27 bits per heavy atom. The lowest BCUT2D eigenvalue weighted by Gasteiger charge is -2.28. The summed E-state index contributed by atoms with van der Waals surface area (Å²) < 4.78 is 5.30. The maximum atomic E-state index is 12.4. The maximum absolute atomic E-state index is 12.4. The van der Waals surface area contributed by atoms with Crippen molar-refractivity contribution in [3.05, 3.63) is 41.1 Å². The van der Waals surface area contributed by atoms with Crippen molar-refractivity contribution < 1.29 is 14.3 Å². The van der Waals surface area contributed by atoms with Crippen LogP contribution in [0, 0.1) is 0 Å². The van der Waals surface area contributed by atoms with E-state index in [1.54, 1.807) is 32.5 Å². The lowest BCUT2D eigenvalue weighted by atomic mass is 9.95. The van der Waals surface area contributed by atoms with Crippen LogP contribution in [-0.4, -0.2) is 24.4 Å². The minimum Gasteiger partial charge on any atom is -0.459 e. The van der Waals surface area contributed by atoms with Gasteiger partial charge >= 0.3 is 12.0 Å². The standard InChI is InChI=1S/C16H20N2O3S/c1-9(2)21-15(19)13-10(3)17-16(20)18-14(13)11-5-7-12(22-4)8-6-11/h5-9,14H,1-4H3,(H2,17,18,20)/t14-/m0/s1. The number of benzene rings is 1. The van der Waals surface area contributed by atoms with E-state index >= 15 is 0 Å². The zero-order chi connectivity index (χ0) is 16.3. The van der Waals surface area contributed by atoms with Gasteiger partial charge in [-0.05, 0) is 44.7 Å². The van der Waals surface area contributed by atoms with E-state index in [2.05, 4.69) is 10.6 Å². The van der Waals surface area contributed by atoms with Crippen molar-refractivity contribution in [1.82, 2.24) is 10.6 Å². The Hall–Kier alpha value is -1.95. The fraction of sp³-hybridized carbons (Fsp3) is 0.375. The summed E-state index contributed by atoms with van der Waals surface area (Å²) in [4.78, 5) is 25.2. The Kier molecular flexibility index (Phi) is 5.13. The fourth-order valence-corrected chi connectivity index (χ4v) is 2.70. The van der Waals surface area contributed by atoms with Gasteiger partial charge in [0.2, 0.25) is 0 Å². The van der Waals surface area contributed by atoms with Crippen molar-refractivity contribution >= 4 is 23.8 Å². The van der Waals surface area contributed by atoms with Gasteiger partial charge in [-0.1, -0.05) is 12.1 Å². The van der Waals surface area contributed by atoms with Gasteiger partial charge < -0.3 is 15.4 Å². The number of carbonyl (C=O) groups excluding carboxylic acids is 2. The number of urea groups is 1. The summed E-state index contributed by atoms with van der Waals surface area (Å²) in [6.07, 6.45) is 1.78. The van der Waals surface area contributed by atoms with Crippen molar-refractivity contribution in [2.75, 3.05) is 6.26 Å². The van der Waals surface area contributed by atoms with Gasteiger partial charge in [0.15, 0.2) is 0 Å². The zero-order valence-electron chi connectivity index (χ0n) is 13.1. The first-order valence-electron chi connectivity index (χ1n) is 7.05. The van der Waals surface area contributed by atoms with Crippen LogP contribution < -0.4 is 10.6 Å².